The maximum absolute atomic E-state index is 13.1. The van der Waals surface area contributed by atoms with Gasteiger partial charge in [0.15, 0.2) is 0 Å². The van der Waals surface area contributed by atoms with Crippen LogP contribution in [0.4, 0.5) is 18.9 Å². The maximum Gasteiger partial charge on any atom is 0.418 e. The minimum Gasteiger partial charge on any atom is -0.339 e. The van der Waals surface area contributed by atoms with Crippen molar-refractivity contribution < 1.29 is 22.8 Å². The molecule has 2 aliphatic carbocycles. The molecular formula is C25H35F3N4O2. The molecule has 3 aliphatic rings. The Kier molecular flexibility index (Phi) is 8.14. The van der Waals surface area contributed by atoms with Gasteiger partial charge >= 0.3 is 6.18 Å². The third-order valence-electron chi connectivity index (χ3n) is 7.22. The number of benzene rings is 1. The van der Waals surface area contributed by atoms with E-state index in [9.17, 15) is 22.8 Å². The van der Waals surface area contributed by atoms with Gasteiger partial charge in [-0.05, 0) is 43.7 Å². The molecule has 0 aromatic heterocycles. The number of para-hydroxylation sites is 1. The van der Waals surface area contributed by atoms with Crippen LogP contribution in [0.5, 0.6) is 0 Å². The highest BCUT2D eigenvalue weighted by Gasteiger charge is 2.35. The normalized spacial score (nSPS) is 20.5. The van der Waals surface area contributed by atoms with Gasteiger partial charge in [0.2, 0.25) is 11.8 Å². The Balaban J connectivity index is 1.22. The fourth-order valence-corrected chi connectivity index (χ4v) is 5.15. The lowest BCUT2D eigenvalue weighted by atomic mass is 9.89. The molecule has 1 aromatic carbocycles. The average Bonchev–Trinajstić information content (AvgIpc) is 3.65. The molecule has 6 nitrogen and oxygen atoms in total. The summed E-state index contributed by atoms with van der Waals surface area (Å²) in [5.41, 5.74) is -1.08. The molecule has 0 spiro atoms. The number of piperazine rings is 1. The summed E-state index contributed by atoms with van der Waals surface area (Å²) in [5, 5.41) is 2.39. The summed E-state index contributed by atoms with van der Waals surface area (Å²) in [6.07, 6.45) is 4.30. The standard InChI is InChI=1S/C25H35F3N4O2/c26-25(27,28)21-8-4-5-9-22(21)29-23(33)17-30-12-14-31(15-13-30)24(34)18-32(20-10-11-20)16-19-6-2-1-3-7-19/h4-5,8-9,19-20H,1-3,6-7,10-18H2,(H,29,33). The molecule has 0 atom stereocenters. The van der Waals surface area contributed by atoms with E-state index >= 15 is 0 Å². The van der Waals surface area contributed by atoms with Crippen molar-refractivity contribution in [2.24, 2.45) is 5.92 Å². The highest BCUT2D eigenvalue weighted by atomic mass is 19.4. The third-order valence-corrected chi connectivity index (χ3v) is 7.22. The van der Waals surface area contributed by atoms with E-state index in [4.69, 9.17) is 0 Å². The van der Waals surface area contributed by atoms with Crippen LogP contribution in [0, 0.1) is 5.92 Å². The summed E-state index contributed by atoms with van der Waals surface area (Å²) < 4.78 is 39.4. The third kappa shape index (κ3) is 6.95. The number of rotatable bonds is 8. The Morgan fingerprint density at radius 2 is 1.65 bits per heavy atom. The molecule has 2 saturated carbocycles. The topological polar surface area (TPSA) is 55.9 Å². The molecule has 0 radical (unpaired) electrons. The summed E-state index contributed by atoms with van der Waals surface area (Å²) in [6, 6.07) is 5.54. The van der Waals surface area contributed by atoms with Crippen LogP contribution in [0.25, 0.3) is 0 Å². The van der Waals surface area contributed by atoms with E-state index in [1.54, 1.807) is 0 Å². The van der Waals surface area contributed by atoms with Gasteiger partial charge in [-0.2, -0.15) is 13.2 Å². The van der Waals surface area contributed by atoms with Gasteiger partial charge in [-0.25, -0.2) is 0 Å². The Bertz CT molecular complexity index is 845. The summed E-state index contributed by atoms with van der Waals surface area (Å²) >= 11 is 0. The summed E-state index contributed by atoms with van der Waals surface area (Å²) in [6.45, 7) is 3.63. The molecule has 0 unspecified atom stereocenters. The lowest BCUT2D eigenvalue weighted by Crippen LogP contribution is -2.53. The number of halogens is 3. The van der Waals surface area contributed by atoms with Crippen molar-refractivity contribution >= 4 is 17.5 Å². The second-order valence-electron chi connectivity index (χ2n) is 9.91. The second-order valence-corrected chi connectivity index (χ2v) is 9.91. The van der Waals surface area contributed by atoms with Gasteiger partial charge < -0.3 is 10.2 Å². The Morgan fingerprint density at radius 1 is 0.971 bits per heavy atom. The quantitative estimate of drug-likeness (QED) is 0.615. The molecule has 1 heterocycles. The summed E-state index contributed by atoms with van der Waals surface area (Å²) in [5.74, 6) is 0.370. The van der Waals surface area contributed by atoms with Gasteiger partial charge in [0, 0.05) is 38.8 Å². The van der Waals surface area contributed by atoms with Crippen molar-refractivity contribution in [3.8, 4) is 0 Å². The molecule has 0 bridgehead atoms. The number of carbonyl (C=O) groups excluding carboxylic acids is 2. The van der Waals surface area contributed by atoms with E-state index in [1.807, 2.05) is 9.80 Å². The SMILES string of the molecule is O=C(CN1CCN(C(=O)CN(CC2CCCCC2)C2CC2)CC1)Nc1ccccc1C(F)(F)F. The van der Waals surface area contributed by atoms with Crippen molar-refractivity contribution in [2.75, 3.05) is 51.1 Å². The van der Waals surface area contributed by atoms with Crippen LogP contribution < -0.4 is 5.32 Å². The number of anilines is 1. The zero-order valence-electron chi connectivity index (χ0n) is 19.7. The predicted molar refractivity (Wildman–Crippen MR) is 124 cm³/mol. The van der Waals surface area contributed by atoms with Gasteiger partial charge in [-0.15, -0.1) is 0 Å². The van der Waals surface area contributed by atoms with Gasteiger partial charge in [0.1, 0.15) is 0 Å². The molecule has 1 saturated heterocycles. The van der Waals surface area contributed by atoms with Crippen LogP contribution in [-0.2, 0) is 15.8 Å². The first kappa shape index (κ1) is 25.0. The van der Waals surface area contributed by atoms with E-state index in [1.165, 1.54) is 63.1 Å². The highest BCUT2D eigenvalue weighted by Crippen LogP contribution is 2.34. The van der Waals surface area contributed by atoms with Gasteiger partial charge in [-0.3, -0.25) is 19.4 Å². The smallest absolute Gasteiger partial charge is 0.339 e. The summed E-state index contributed by atoms with van der Waals surface area (Å²) in [7, 11) is 0. The van der Waals surface area contributed by atoms with Crippen molar-refractivity contribution in [2.45, 2.75) is 57.2 Å². The molecule has 1 aromatic rings. The van der Waals surface area contributed by atoms with E-state index in [0.29, 0.717) is 44.7 Å². The van der Waals surface area contributed by atoms with Crippen LogP contribution in [0.15, 0.2) is 24.3 Å². The van der Waals surface area contributed by atoms with Crippen LogP contribution in [0.3, 0.4) is 0 Å². The molecule has 1 aliphatic heterocycles. The van der Waals surface area contributed by atoms with Crippen LogP contribution >= 0.6 is 0 Å². The van der Waals surface area contributed by atoms with Gasteiger partial charge in [0.25, 0.3) is 0 Å². The number of hydrogen-bond donors (Lipinski definition) is 1. The minimum absolute atomic E-state index is 0.00407. The zero-order valence-corrected chi connectivity index (χ0v) is 19.7. The number of alkyl halides is 3. The molecule has 34 heavy (non-hydrogen) atoms. The number of nitrogens with one attached hydrogen (secondary N) is 1. The Morgan fingerprint density at radius 3 is 2.29 bits per heavy atom. The van der Waals surface area contributed by atoms with Gasteiger partial charge in [-0.1, -0.05) is 31.4 Å². The maximum atomic E-state index is 13.1. The van der Waals surface area contributed by atoms with Crippen LogP contribution in [0.2, 0.25) is 0 Å². The summed E-state index contributed by atoms with van der Waals surface area (Å²) in [4.78, 5) is 31.5. The molecule has 188 valence electrons. The molecule has 1 N–H and O–H groups in total. The van der Waals surface area contributed by atoms with Crippen molar-refractivity contribution in [3.05, 3.63) is 29.8 Å². The van der Waals surface area contributed by atoms with Crippen LogP contribution in [0.1, 0.15) is 50.5 Å². The van der Waals surface area contributed by atoms with E-state index in [0.717, 1.165) is 12.6 Å². The van der Waals surface area contributed by atoms with Crippen LogP contribution in [-0.4, -0.2) is 78.4 Å². The molecule has 2 amide bonds. The zero-order chi connectivity index (χ0) is 24.1. The predicted octanol–water partition coefficient (Wildman–Crippen LogP) is 3.83. The van der Waals surface area contributed by atoms with E-state index in [-0.39, 0.29) is 18.1 Å². The fraction of sp³-hybridized carbons (Fsp3) is 0.680. The van der Waals surface area contributed by atoms with Gasteiger partial charge in [0.05, 0.1) is 24.3 Å². The first-order valence-electron chi connectivity index (χ1n) is 12.5. The van der Waals surface area contributed by atoms with E-state index < -0.39 is 17.6 Å². The average molecular weight is 481 g/mol. The number of amides is 2. The Labute approximate surface area is 199 Å². The van der Waals surface area contributed by atoms with Crippen molar-refractivity contribution in [1.29, 1.82) is 0 Å². The van der Waals surface area contributed by atoms with Crippen molar-refractivity contribution in [3.63, 3.8) is 0 Å². The molecule has 3 fully saturated rings. The molecule has 4 rings (SSSR count). The highest BCUT2D eigenvalue weighted by molar-refractivity contribution is 5.93. The van der Waals surface area contributed by atoms with Crippen molar-refractivity contribution in [1.82, 2.24) is 14.7 Å². The number of hydrogen-bond acceptors (Lipinski definition) is 4. The first-order chi connectivity index (χ1) is 16.3. The first-order valence-corrected chi connectivity index (χ1v) is 12.5. The monoisotopic (exact) mass is 480 g/mol. The molecular weight excluding hydrogens is 445 g/mol. The fourth-order valence-electron chi connectivity index (χ4n) is 5.15. The Hall–Kier alpha value is -2.13. The van der Waals surface area contributed by atoms with E-state index in [2.05, 4.69) is 10.2 Å². The second kappa shape index (κ2) is 11.1. The lowest BCUT2D eigenvalue weighted by molar-refractivity contribution is -0.137. The number of carbonyl (C=O) groups is 2. The lowest BCUT2D eigenvalue weighted by Gasteiger charge is -2.36. The largest absolute Gasteiger partial charge is 0.418 e. The minimum atomic E-state index is -4.53. The number of nitrogens with zero attached hydrogens (tertiary/aromatic N) is 3. The molecule has 9 heteroatoms.